The Labute approximate surface area is 64.9 Å². The molecule has 0 unspecified atom stereocenters. The smallest absolute Gasteiger partial charge is 0.101 e. The van der Waals surface area contributed by atoms with E-state index in [1.54, 1.807) is 29.5 Å². The number of nitriles is 1. The van der Waals surface area contributed by atoms with Crippen molar-refractivity contribution in [3.63, 3.8) is 0 Å². The maximum Gasteiger partial charge on any atom is 0.101 e. The molecule has 0 spiro atoms. The lowest BCUT2D eigenvalue weighted by atomic mass is 10.3. The highest BCUT2D eigenvalue weighted by Crippen LogP contribution is 1.96. The second kappa shape index (κ2) is 3.37. The van der Waals surface area contributed by atoms with Crippen molar-refractivity contribution < 1.29 is 0 Å². The van der Waals surface area contributed by atoms with E-state index in [2.05, 4.69) is 11.6 Å². The van der Waals surface area contributed by atoms with E-state index in [1.165, 1.54) is 6.08 Å². The molecule has 0 aromatic carbocycles. The fraction of sp³-hybridized carbons (Fsp3) is 0. The lowest BCUT2D eigenvalue weighted by Crippen LogP contribution is -1.81. The van der Waals surface area contributed by atoms with Gasteiger partial charge in [-0.1, -0.05) is 12.7 Å². The molecule has 11 heavy (non-hydrogen) atoms. The average Bonchev–Trinajstić information content (AvgIpc) is 2.52. The molecular weight excluding hydrogens is 138 g/mol. The average molecular weight is 145 g/mol. The first-order valence-electron chi connectivity index (χ1n) is 3.08. The highest BCUT2D eigenvalue weighted by atomic mass is 15.0. The van der Waals surface area contributed by atoms with Gasteiger partial charge in [0.1, 0.15) is 6.07 Å². The molecule has 0 saturated heterocycles. The summed E-state index contributed by atoms with van der Waals surface area (Å²) in [6.07, 6.45) is 8.16. The van der Waals surface area contributed by atoms with Crippen LogP contribution < -0.4 is 0 Å². The third kappa shape index (κ3) is 1.80. The van der Waals surface area contributed by atoms with Crippen LogP contribution in [0.5, 0.6) is 0 Å². The van der Waals surface area contributed by atoms with Crippen molar-refractivity contribution in [1.29, 1.82) is 5.26 Å². The molecule has 0 bridgehead atoms. The van der Waals surface area contributed by atoms with Crippen LogP contribution in [0.3, 0.4) is 0 Å². The lowest BCUT2D eigenvalue weighted by Gasteiger charge is -1.89. The fourth-order valence-corrected chi connectivity index (χ4v) is 0.634. The van der Waals surface area contributed by atoms with Gasteiger partial charge in [-0.2, -0.15) is 5.26 Å². The molecule has 1 rings (SSSR count). The van der Waals surface area contributed by atoms with Gasteiger partial charge in [-0.25, -0.2) is 4.98 Å². The molecule has 0 atom stereocenters. The first-order valence-corrected chi connectivity index (χ1v) is 3.08. The van der Waals surface area contributed by atoms with E-state index >= 15 is 0 Å². The number of aromatic nitrogens is 2. The molecule has 1 aromatic rings. The van der Waals surface area contributed by atoms with Crippen LogP contribution in [-0.2, 0) is 0 Å². The third-order valence-electron chi connectivity index (χ3n) is 1.16. The van der Waals surface area contributed by atoms with E-state index in [9.17, 15) is 0 Å². The second-order valence-corrected chi connectivity index (χ2v) is 1.91. The summed E-state index contributed by atoms with van der Waals surface area (Å²) >= 11 is 0. The molecular formula is C8H7N3. The summed E-state index contributed by atoms with van der Waals surface area (Å²) in [5.74, 6) is 0. The summed E-state index contributed by atoms with van der Waals surface area (Å²) in [7, 11) is 0. The van der Waals surface area contributed by atoms with Gasteiger partial charge in [0.2, 0.25) is 0 Å². The van der Waals surface area contributed by atoms with Crippen LogP contribution in [-0.4, -0.2) is 9.55 Å². The molecule has 3 nitrogen and oxygen atoms in total. The largest absolute Gasteiger partial charge is 0.312 e. The van der Waals surface area contributed by atoms with Crippen molar-refractivity contribution in [3.8, 4) is 6.07 Å². The molecule has 0 aliphatic carbocycles. The Kier molecular flexibility index (Phi) is 2.24. The van der Waals surface area contributed by atoms with Gasteiger partial charge in [0.15, 0.2) is 0 Å². The number of rotatable bonds is 2. The standard InChI is InChI=1S/C8H7N3/c1-2-8(5-9)6-11-4-3-10-7-11/h2-4,6-7H,1H2. The number of hydrogen-bond acceptors (Lipinski definition) is 2. The van der Waals surface area contributed by atoms with Crippen molar-refractivity contribution in [1.82, 2.24) is 9.55 Å². The van der Waals surface area contributed by atoms with Gasteiger partial charge in [-0.05, 0) is 0 Å². The molecule has 0 N–H and O–H groups in total. The predicted molar refractivity (Wildman–Crippen MR) is 42.3 cm³/mol. The minimum absolute atomic E-state index is 0.517. The van der Waals surface area contributed by atoms with E-state index in [-0.39, 0.29) is 0 Å². The van der Waals surface area contributed by atoms with Crippen molar-refractivity contribution in [2.24, 2.45) is 0 Å². The summed E-state index contributed by atoms with van der Waals surface area (Å²) in [6, 6.07) is 1.98. The number of imidazole rings is 1. The van der Waals surface area contributed by atoms with Gasteiger partial charge >= 0.3 is 0 Å². The molecule has 3 heteroatoms. The van der Waals surface area contributed by atoms with Gasteiger partial charge in [0.05, 0.1) is 11.9 Å². The van der Waals surface area contributed by atoms with Crippen LogP contribution in [0.2, 0.25) is 0 Å². The Morgan fingerprint density at radius 1 is 1.73 bits per heavy atom. The summed E-state index contributed by atoms with van der Waals surface area (Å²) in [5.41, 5.74) is 0.517. The van der Waals surface area contributed by atoms with Gasteiger partial charge < -0.3 is 4.57 Å². The normalized spacial score (nSPS) is 10.6. The Morgan fingerprint density at radius 3 is 3.00 bits per heavy atom. The maximum absolute atomic E-state index is 8.50. The molecule has 0 amide bonds. The number of allylic oxidation sites excluding steroid dienone is 2. The minimum Gasteiger partial charge on any atom is -0.312 e. The Balaban J connectivity index is 2.90. The van der Waals surface area contributed by atoms with Crippen LogP contribution in [0.25, 0.3) is 6.20 Å². The van der Waals surface area contributed by atoms with E-state index in [0.717, 1.165) is 0 Å². The minimum atomic E-state index is 0.517. The zero-order chi connectivity index (χ0) is 8.10. The molecule has 0 saturated carbocycles. The first-order chi connectivity index (χ1) is 5.36. The van der Waals surface area contributed by atoms with Crippen molar-refractivity contribution in [2.45, 2.75) is 0 Å². The van der Waals surface area contributed by atoms with Gasteiger partial charge in [-0.3, -0.25) is 0 Å². The van der Waals surface area contributed by atoms with Crippen molar-refractivity contribution in [3.05, 3.63) is 36.9 Å². The molecule has 0 aliphatic rings. The molecule has 1 aromatic heterocycles. The fourth-order valence-electron chi connectivity index (χ4n) is 0.634. The summed E-state index contributed by atoms with van der Waals surface area (Å²) in [4.78, 5) is 3.82. The maximum atomic E-state index is 8.50. The van der Waals surface area contributed by atoms with Crippen molar-refractivity contribution in [2.75, 3.05) is 0 Å². The van der Waals surface area contributed by atoms with Crippen LogP contribution in [0.1, 0.15) is 0 Å². The van der Waals surface area contributed by atoms with Crippen molar-refractivity contribution >= 4 is 6.20 Å². The summed E-state index contributed by atoms with van der Waals surface area (Å²) in [6.45, 7) is 3.49. The van der Waals surface area contributed by atoms with E-state index in [1.807, 2.05) is 6.07 Å². The van der Waals surface area contributed by atoms with E-state index < -0.39 is 0 Å². The van der Waals surface area contributed by atoms with E-state index in [0.29, 0.717) is 5.57 Å². The predicted octanol–water partition coefficient (Wildman–Crippen LogP) is 1.43. The Hall–Kier alpha value is -1.82. The second-order valence-electron chi connectivity index (χ2n) is 1.91. The zero-order valence-corrected chi connectivity index (χ0v) is 5.94. The third-order valence-corrected chi connectivity index (χ3v) is 1.16. The number of nitrogens with zero attached hydrogens (tertiary/aromatic N) is 3. The van der Waals surface area contributed by atoms with Crippen LogP contribution in [0.4, 0.5) is 0 Å². The zero-order valence-electron chi connectivity index (χ0n) is 5.94. The number of hydrogen-bond donors (Lipinski definition) is 0. The summed E-state index contributed by atoms with van der Waals surface area (Å²) < 4.78 is 1.69. The molecule has 0 fully saturated rings. The molecule has 0 radical (unpaired) electrons. The van der Waals surface area contributed by atoms with E-state index in [4.69, 9.17) is 5.26 Å². The molecule has 54 valence electrons. The quantitative estimate of drug-likeness (QED) is 0.466. The molecule has 1 heterocycles. The highest BCUT2D eigenvalue weighted by Gasteiger charge is 1.86. The van der Waals surface area contributed by atoms with Crippen LogP contribution in [0.15, 0.2) is 36.9 Å². The van der Waals surface area contributed by atoms with Gasteiger partial charge in [0.25, 0.3) is 0 Å². The monoisotopic (exact) mass is 145 g/mol. The van der Waals surface area contributed by atoms with Crippen LogP contribution >= 0.6 is 0 Å². The van der Waals surface area contributed by atoms with Crippen LogP contribution in [0, 0.1) is 11.3 Å². The lowest BCUT2D eigenvalue weighted by molar-refractivity contribution is 1.13. The Bertz CT molecular complexity index is 301. The summed E-state index contributed by atoms with van der Waals surface area (Å²) in [5, 5.41) is 8.50. The SMILES string of the molecule is C=CC(C#N)=Cn1ccnc1. The van der Waals surface area contributed by atoms with Gasteiger partial charge in [0, 0.05) is 18.6 Å². The highest BCUT2D eigenvalue weighted by molar-refractivity contribution is 5.46. The Morgan fingerprint density at radius 2 is 2.55 bits per heavy atom. The van der Waals surface area contributed by atoms with Gasteiger partial charge in [-0.15, -0.1) is 0 Å². The topological polar surface area (TPSA) is 41.6 Å². The first kappa shape index (κ1) is 7.29. The molecule has 0 aliphatic heterocycles.